The highest BCUT2D eigenvalue weighted by molar-refractivity contribution is 6.19. The Hall–Kier alpha value is -0.280. The fourth-order valence-electron chi connectivity index (χ4n) is 1.09. The lowest BCUT2D eigenvalue weighted by atomic mass is 9.94. The van der Waals surface area contributed by atoms with Gasteiger partial charge in [0.25, 0.3) is 0 Å². The van der Waals surface area contributed by atoms with E-state index in [0.717, 1.165) is 0 Å². The van der Waals surface area contributed by atoms with Crippen LogP contribution < -0.4 is 0 Å². The van der Waals surface area contributed by atoms with Gasteiger partial charge in [-0.05, 0) is 20.8 Å². The molecule has 0 rings (SSSR count). The van der Waals surface area contributed by atoms with Gasteiger partial charge in [-0.2, -0.15) is 0 Å². The van der Waals surface area contributed by atoms with Crippen molar-refractivity contribution in [2.45, 2.75) is 26.8 Å². The van der Waals surface area contributed by atoms with Crippen LogP contribution >= 0.6 is 11.6 Å². The van der Waals surface area contributed by atoms with E-state index in [4.69, 9.17) is 16.3 Å². The maximum Gasteiger partial charge on any atom is 0.229 e. The number of carbonyl (C=O) groups excluding carboxylic acids is 1. The Kier molecular flexibility index (Phi) is 5.45. The molecule has 0 aromatic carbocycles. The summed E-state index contributed by atoms with van der Waals surface area (Å²) in [6.07, 6.45) is 0. The van der Waals surface area contributed by atoms with Gasteiger partial charge in [-0.25, -0.2) is 0 Å². The molecule has 0 aliphatic heterocycles. The quantitative estimate of drug-likeness (QED) is 0.662. The maximum absolute atomic E-state index is 11.9. The number of rotatable bonds is 5. The molecular weight excluding hydrogens is 202 g/mol. The first-order chi connectivity index (χ1) is 6.36. The molecule has 0 saturated carbocycles. The third kappa shape index (κ3) is 3.46. The van der Waals surface area contributed by atoms with E-state index in [1.807, 2.05) is 20.8 Å². The van der Waals surface area contributed by atoms with Crippen molar-refractivity contribution >= 4 is 17.5 Å². The predicted molar refractivity (Wildman–Crippen MR) is 58.6 cm³/mol. The molecule has 0 fully saturated rings. The van der Waals surface area contributed by atoms with Gasteiger partial charge in [-0.3, -0.25) is 4.79 Å². The number of ether oxygens (including phenoxy) is 1. The van der Waals surface area contributed by atoms with E-state index in [0.29, 0.717) is 12.5 Å². The van der Waals surface area contributed by atoms with Crippen LogP contribution in [0.5, 0.6) is 0 Å². The highest BCUT2D eigenvalue weighted by Crippen LogP contribution is 2.21. The van der Waals surface area contributed by atoms with Crippen molar-refractivity contribution < 1.29 is 9.53 Å². The van der Waals surface area contributed by atoms with E-state index in [1.54, 1.807) is 19.1 Å². The summed E-state index contributed by atoms with van der Waals surface area (Å²) in [6.45, 7) is 6.18. The lowest BCUT2D eigenvalue weighted by Gasteiger charge is -2.31. The Morgan fingerprint density at radius 1 is 1.57 bits per heavy atom. The zero-order chi connectivity index (χ0) is 11.4. The van der Waals surface area contributed by atoms with Gasteiger partial charge in [0.1, 0.15) is 0 Å². The van der Waals surface area contributed by atoms with Gasteiger partial charge >= 0.3 is 0 Å². The zero-order valence-corrected chi connectivity index (χ0v) is 10.4. The topological polar surface area (TPSA) is 29.5 Å². The maximum atomic E-state index is 11.9. The van der Waals surface area contributed by atoms with Crippen molar-refractivity contribution in [3.63, 3.8) is 0 Å². The fourth-order valence-corrected chi connectivity index (χ4v) is 1.20. The van der Waals surface area contributed by atoms with Crippen molar-refractivity contribution in [3.8, 4) is 0 Å². The second kappa shape index (κ2) is 5.56. The highest BCUT2D eigenvalue weighted by Gasteiger charge is 2.31. The summed E-state index contributed by atoms with van der Waals surface area (Å²) in [5, 5.41) is 0. The van der Waals surface area contributed by atoms with Crippen molar-refractivity contribution in [3.05, 3.63) is 0 Å². The van der Waals surface area contributed by atoms with Crippen molar-refractivity contribution in [2.75, 3.05) is 26.6 Å². The Morgan fingerprint density at radius 2 is 2.07 bits per heavy atom. The van der Waals surface area contributed by atoms with E-state index >= 15 is 0 Å². The van der Waals surface area contributed by atoms with E-state index in [-0.39, 0.29) is 11.9 Å². The average molecular weight is 222 g/mol. The Morgan fingerprint density at radius 3 is 2.43 bits per heavy atom. The van der Waals surface area contributed by atoms with Crippen LogP contribution in [0.1, 0.15) is 20.8 Å². The van der Waals surface area contributed by atoms with Crippen LogP contribution in [0.15, 0.2) is 0 Å². The van der Waals surface area contributed by atoms with Crippen molar-refractivity contribution in [1.82, 2.24) is 4.90 Å². The first-order valence-corrected chi connectivity index (χ1v) is 5.22. The summed E-state index contributed by atoms with van der Waals surface area (Å²) < 4.78 is 4.99. The third-order valence-electron chi connectivity index (χ3n) is 2.30. The molecule has 0 heterocycles. The van der Waals surface area contributed by atoms with Gasteiger partial charge in [-0.1, -0.05) is 0 Å². The van der Waals surface area contributed by atoms with Crippen molar-refractivity contribution in [1.29, 1.82) is 0 Å². The van der Waals surface area contributed by atoms with Crippen LogP contribution in [-0.2, 0) is 9.53 Å². The van der Waals surface area contributed by atoms with E-state index in [1.165, 1.54) is 0 Å². The Labute approximate surface area is 91.4 Å². The second-order valence-electron chi connectivity index (χ2n) is 4.24. The summed E-state index contributed by atoms with van der Waals surface area (Å²) in [5.41, 5.74) is -0.502. The number of hydrogen-bond acceptors (Lipinski definition) is 2. The number of methoxy groups -OCH3 is 1. The minimum atomic E-state index is -0.502. The fraction of sp³-hybridized carbons (Fsp3) is 0.900. The molecule has 1 atom stereocenters. The van der Waals surface area contributed by atoms with E-state index in [9.17, 15) is 4.79 Å². The minimum absolute atomic E-state index is 0.0528. The molecule has 0 saturated heterocycles. The largest absolute Gasteiger partial charge is 0.383 e. The average Bonchev–Trinajstić information content (AvgIpc) is 2.15. The molecule has 0 aliphatic rings. The molecule has 1 unspecified atom stereocenters. The van der Waals surface area contributed by atoms with Gasteiger partial charge in [-0.15, -0.1) is 11.6 Å². The summed E-state index contributed by atoms with van der Waals surface area (Å²) >= 11 is 5.74. The van der Waals surface area contributed by atoms with Gasteiger partial charge in [0, 0.05) is 20.0 Å². The molecule has 0 aromatic heterocycles. The van der Waals surface area contributed by atoms with Gasteiger partial charge in [0.2, 0.25) is 5.91 Å². The monoisotopic (exact) mass is 221 g/mol. The van der Waals surface area contributed by atoms with Gasteiger partial charge in [0.15, 0.2) is 0 Å². The van der Waals surface area contributed by atoms with Crippen LogP contribution in [0.4, 0.5) is 0 Å². The van der Waals surface area contributed by atoms with Crippen LogP contribution in [0.2, 0.25) is 0 Å². The first-order valence-electron chi connectivity index (χ1n) is 4.69. The summed E-state index contributed by atoms with van der Waals surface area (Å²) in [6, 6.07) is 0.0787. The molecule has 84 valence electrons. The highest BCUT2D eigenvalue weighted by atomic mass is 35.5. The van der Waals surface area contributed by atoms with Crippen LogP contribution in [0.3, 0.4) is 0 Å². The number of alkyl halides is 1. The number of hydrogen-bond donors (Lipinski definition) is 0. The molecule has 0 N–H and O–H groups in total. The number of nitrogens with zero attached hydrogens (tertiary/aromatic N) is 1. The molecule has 0 bridgehead atoms. The normalized spacial score (nSPS) is 13.9. The molecule has 0 aromatic rings. The molecule has 0 spiro atoms. The predicted octanol–water partition coefficient (Wildman–Crippen LogP) is 1.74. The van der Waals surface area contributed by atoms with Crippen LogP contribution in [-0.4, -0.2) is 43.5 Å². The number of carbonyl (C=O) groups is 1. The minimum Gasteiger partial charge on any atom is -0.383 e. The lowest BCUT2D eigenvalue weighted by molar-refractivity contribution is -0.140. The third-order valence-corrected chi connectivity index (χ3v) is 2.97. The Balaban J connectivity index is 4.38. The summed E-state index contributed by atoms with van der Waals surface area (Å²) in [4.78, 5) is 13.6. The lowest BCUT2D eigenvalue weighted by Crippen LogP contribution is -2.45. The number of likely N-dealkylation sites (N-methyl/N-ethyl adjacent to an activating group) is 1. The smallest absolute Gasteiger partial charge is 0.229 e. The van der Waals surface area contributed by atoms with Gasteiger partial charge in [0.05, 0.1) is 18.1 Å². The second-order valence-corrected chi connectivity index (χ2v) is 4.51. The standard InChI is InChI=1S/C10H20ClNO2/c1-8(6-14-5)12(4)9(13)10(2,3)7-11/h8H,6-7H2,1-5H3. The summed E-state index contributed by atoms with van der Waals surface area (Å²) in [7, 11) is 3.40. The first kappa shape index (κ1) is 13.7. The van der Waals surface area contributed by atoms with Crippen molar-refractivity contribution in [2.24, 2.45) is 5.41 Å². The zero-order valence-electron chi connectivity index (χ0n) is 9.63. The molecular formula is C10H20ClNO2. The van der Waals surface area contributed by atoms with Gasteiger partial charge < -0.3 is 9.64 Å². The van der Waals surface area contributed by atoms with E-state index < -0.39 is 5.41 Å². The molecule has 1 amide bonds. The summed E-state index contributed by atoms with van der Waals surface area (Å²) in [5.74, 6) is 0.382. The molecule has 0 radical (unpaired) electrons. The Bertz CT molecular complexity index is 195. The molecule has 14 heavy (non-hydrogen) atoms. The van der Waals surface area contributed by atoms with Crippen LogP contribution in [0.25, 0.3) is 0 Å². The molecule has 0 aliphatic carbocycles. The molecule has 4 heteroatoms. The number of amides is 1. The number of halogens is 1. The SMILES string of the molecule is COCC(C)N(C)C(=O)C(C)(C)CCl. The van der Waals surface area contributed by atoms with Crippen LogP contribution in [0, 0.1) is 5.41 Å². The molecule has 3 nitrogen and oxygen atoms in total. The van der Waals surface area contributed by atoms with E-state index in [2.05, 4.69) is 0 Å².